The summed E-state index contributed by atoms with van der Waals surface area (Å²) >= 11 is 0. The van der Waals surface area contributed by atoms with Crippen molar-refractivity contribution in [2.75, 3.05) is 11.9 Å². The molecular formula is C18H21FN4O2. The predicted octanol–water partition coefficient (Wildman–Crippen LogP) is 3.65. The minimum absolute atomic E-state index is 0.330. The zero-order valence-corrected chi connectivity index (χ0v) is 14.5. The van der Waals surface area contributed by atoms with Gasteiger partial charge in [-0.2, -0.15) is 0 Å². The molecule has 132 valence electrons. The number of aromatic nitrogens is 2. The third kappa shape index (κ3) is 4.23. The molecule has 7 heteroatoms. The van der Waals surface area contributed by atoms with Crippen molar-refractivity contribution < 1.29 is 13.9 Å². The van der Waals surface area contributed by atoms with Crippen LogP contribution >= 0.6 is 0 Å². The molecule has 0 spiro atoms. The van der Waals surface area contributed by atoms with Crippen LogP contribution < -0.4 is 5.32 Å². The number of rotatable bonds is 2. The maximum atomic E-state index is 13.7. The number of carbonyl (C=O) groups is 1. The first-order valence-electron chi connectivity index (χ1n) is 8.14. The number of ether oxygens (including phenoxy) is 1. The molecule has 2 aromatic rings. The van der Waals surface area contributed by atoms with Gasteiger partial charge in [-0.05, 0) is 38.5 Å². The van der Waals surface area contributed by atoms with Crippen molar-refractivity contribution in [3.05, 3.63) is 47.8 Å². The van der Waals surface area contributed by atoms with E-state index in [4.69, 9.17) is 4.74 Å². The lowest BCUT2D eigenvalue weighted by Gasteiger charge is -2.31. The summed E-state index contributed by atoms with van der Waals surface area (Å²) in [5.41, 5.74) is 2.33. The Kier molecular flexibility index (Phi) is 4.57. The molecule has 0 fully saturated rings. The molecule has 0 aromatic carbocycles. The fourth-order valence-electron chi connectivity index (χ4n) is 2.61. The number of nitrogens with zero attached hydrogens (tertiary/aromatic N) is 3. The summed E-state index contributed by atoms with van der Waals surface area (Å²) in [4.78, 5) is 22.1. The normalized spacial score (nSPS) is 14.0. The van der Waals surface area contributed by atoms with E-state index in [1.165, 1.54) is 6.20 Å². The molecule has 25 heavy (non-hydrogen) atoms. The van der Waals surface area contributed by atoms with Crippen LogP contribution in [0.4, 0.5) is 20.6 Å². The van der Waals surface area contributed by atoms with E-state index >= 15 is 0 Å². The molecule has 0 atom stereocenters. The average molecular weight is 344 g/mol. The molecule has 1 aliphatic heterocycles. The molecule has 2 aromatic heterocycles. The maximum absolute atomic E-state index is 13.7. The lowest BCUT2D eigenvalue weighted by Crippen LogP contribution is -2.40. The average Bonchev–Trinajstić information content (AvgIpc) is 2.55. The van der Waals surface area contributed by atoms with Crippen LogP contribution in [0.3, 0.4) is 0 Å². The van der Waals surface area contributed by atoms with Crippen LogP contribution in [-0.4, -0.2) is 33.1 Å². The Morgan fingerprint density at radius 2 is 2.16 bits per heavy atom. The third-order valence-electron chi connectivity index (χ3n) is 3.74. The van der Waals surface area contributed by atoms with Crippen LogP contribution in [0, 0.1) is 5.82 Å². The summed E-state index contributed by atoms with van der Waals surface area (Å²) in [6.45, 7) is 6.52. The summed E-state index contributed by atoms with van der Waals surface area (Å²) in [6, 6.07) is 3.44. The fraction of sp³-hybridized carbons (Fsp3) is 0.389. The zero-order valence-electron chi connectivity index (χ0n) is 14.5. The summed E-state index contributed by atoms with van der Waals surface area (Å²) in [5.74, 6) is -0.435. The van der Waals surface area contributed by atoms with E-state index in [1.54, 1.807) is 17.2 Å². The van der Waals surface area contributed by atoms with E-state index in [9.17, 15) is 9.18 Å². The Labute approximate surface area is 146 Å². The number of hydrogen-bond acceptors (Lipinski definition) is 5. The highest BCUT2D eigenvalue weighted by molar-refractivity contribution is 5.69. The van der Waals surface area contributed by atoms with Crippen molar-refractivity contribution in [1.29, 1.82) is 0 Å². The highest BCUT2D eigenvalue weighted by Crippen LogP contribution is 2.24. The van der Waals surface area contributed by atoms with Crippen LogP contribution in [-0.2, 0) is 17.7 Å². The van der Waals surface area contributed by atoms with Gasteiger partial charge >= 0.3 is 6.09 Å². The molecule has 1 aliphatic rings. The first-order chi connectivity index (χ1) is 11.8. The number of fused-ring (bicyclic) bond motifs is 1. The van der Waals surface area contributed by atoms with Crippen molar-refractivity contribution >= 4 is 17.5 Å². The molecule has 0 aliphatic carbocycles. The number of amides is 1. The van der Waals surface area contributed by atoms with E-state index in [2.05, 4.69) is 15.3 Å². The van der Waals surface area contributed by atoms with Gasteiger partial charge in [0.2, 0.25) is 0 Å². The topological polar surface area (TPSA) is 67.3 Å². The van der Waals surface area contributed by atoms with Crippen LogP contribution in [0.25, 0.3) is 0 Å². The van der Waals surface area contributed by atoms with Crippen LogP contribution in [0.5, 0.6) is 0 Å². The molecule has 0 unspecified atom stereocenters. The first kappa shape index (κ1) is 17.1. The quantitative estimate of drug-likeness (QED) is 0.901. The van der Waals surface area contributed by atoms with Gasteiger partial charge in [0, 0.05) is 24.9 Å². The summed E-state index contributed by atoms with van der Waals surface area (Å²) < 4.78 is 19.2. The largest absolute Gasteiger partial charge is 0.444 e. The monoisotopic (exact) mass is 344 g/mol. The Bertz CT molecular complexity index is 789. The fourth-order valence-corrected chi connectivity index (χ4v) is 2.61. The SMILES string of the molecule is CC(C)(C)OC(=O)N1CCc2ncc(Nc3ccncc3F)cc2C1. The van der Waals surface area contributed by atoms with Crippen LogP contribution in [0.1, 0.15) is 32.0 Å². The summed E-state index contributed by atoms with van der Waals surface area (Å²) in [7, 11) is 0. The maximum Gasteiger partial charge on any atom is 0.410 e. The van der Waals surface area contributed by atoms with Crippen molar-refractivity contribution in [2.24, 2.45) is 0 Å². The van der Waals surface area contributed by atoms with Gasteiger partial charge in [-0.15, -0.1) is 0 Å². The number of carbonyl (C=O) groups excluding carboxylic acids is 1. The van der Waals surface area contributed by atoms with Gasteiger partial charge < -0.3 is 15.0 Å². The van der Waals surface area contributed by atoms with Gasteiger partial charge in [0.15, 0.2) is 5.82 Å². The van der Waals surface area contributed by atoms with Gasteiger partial charge in [-0.3, -0.25) is 9.97 Å². The molecule has 0 radical (unpaired) electrons. The van der Waals surface area contributed by atoms with Crippen LogP contribution in [0.15, 0.2) is 30.7 Å². The summed E-state index contributed by atoms with van der Waals surface area (Å²) in [5, 5.41) is 2.99. The van der Waals surface area contributed by atoms with E-state index in [1.807, 2.05) is 26.8 Å². The van der Waals surface area contributed by atoms with Crippen molar-refractivity contribution in [3.63, 3.8) is 0 Å². The van der Waals surface area contributed by atoms with E-state index < -0.39 is 11.4 Å². The predicted molar refractivity (Wildman–Crippen MR) is 92.1 cm³/mol. The third-order valence-corrected chi connectivity index (χ3v) is 3.74. The molecule has 0 saturated carbocycles. The smallest absolute Gasteiger partial charge is 0.410 e. The Balaban J connectivity index is 1.75. The van der Waals surface area contributed by atoms with Crippen molar-refractivity contribution in [3.8, 4) is 0 Å². The second-order valence-electron chi connectivity index (χ2n) is 6.96. The first-order valence-corrected chi connectivity index (χ1v) is 8.14. The number of hydrogen-bond donors (Lipinski definition) is 1. The van der Waals surface area contributed by atoms with Gasteiger partial charge in [0.05, 0.1) is 30.3 Å². The Morgan fingerprint density at radius 1 is 1.36 bits per heavy atom. The van der Waals surface area contributed by atoms with Gasteiger partial charge in [0.1, 0.15) is 5.60 Å². The van der Waals surface area contributed by atoms with Crippen molar-refractivity contribution in [2.45, 2.75) is 39.3 Å². The highest BCUT2D eigenvalue weighted by Gasteiger charge is 2.26. The van der Waals surface area contributed by atoms with Gasteiger partial charge in [-0.1, -0.05) is 0 Å². The second kappa shape index (κ2) is 6.66. The number of pyridine rings is 2. The van der Waals surface area contributed by atoms with Gasteiger partial charge in [-0.25, -0.2) is 9.18 Å². The van der Waals surface area contributed by atoms with E-state index in [0.29, 0.717) is 30.9 Å². The number of nitrogens with one attached hydrogen (secondary N) is 1. The minimum atomic E-state index is -0.530. The molecule has 6 nitrogen and oxygen atoms in total. The molecular weight excluding hydrogens is 323 g/mol. The van der Waals surface area contributed by atoms with Gasteiger partial charge in [0.25, 0.3) is 0 Å². The molecule has 1 N–H and O–H groups in total. The zero-order chi connectivity index (χ0) is 18.0. The van der Waals surface area contributed by atoms with E-state index in [0.717, 1.165) is 17.5 Å². The Morgan fingerprint density at radius 3 is 2.88 bits per heavy atom. The number of anilines is 2. The lowest BCUT2D eigenvalue weighted by molar-refractivity contribution is 0.0223. The highest BCUT2D eigenvalue weighted by atomic mass is 19.1. The molecule has 0 bridgehead atoms. The van der Waals surface area contributed by atoms with E-state index in [-0.39, 0.29) is 6.09 Å². The number of halogens is 1. The molecule has 0 saturated heterocycles. The lowest BCUT2D eigenvalue weighted by atomic mass is 10.1. The van der Waals surface area contributed by atoms with Crippen LogP contribution in [0.2, 0.25) is 0 Å². The second-order valence-corrected chi connectivity index (χ2v) is 6.96. The molecule has 3 rings (SSSR count). The Hall–Kier alpha value is -2.70. The van der Waals surface area contributed by atoms with Crippen molar-refractivity contribution in [1.82, 2.24) is 14.9 Å². The standard InChI is InChI=1S/C18H21FN4O2/c1-18(2,3)25-17(24)23-7-5-15-12(11-23)8-13(9-21-15)22-16-4-6-20-10-14(16)19/h4,6,8-10H,5,7,11H2,1-3H3,(H,20,22). The minimum Gasteiger partial charge on any atom is -0.444 e. The molecule has 3 heterocycles. The summed E-state index contributed by atoms with van der Waals surface area (Å²) in [6.07, 6.45) is 4.66. The molecule has 1 amide bonds.